The summed E-state index contributed by atoms with van der Waals surface area (Å²) in [6, 6.07) is 3.03. The quantitative estimate of drug-likeness (QED) is 0.783. The summed E-state index contributed by atoms with van der Waals surface area (Å²) in [7, 11) is 0. The third kappa shape index (κ3) is 6.12. The van der Waals surface area contributed by atoms with Crippen molar-refractivity contribution in [1.29, 1.82) is 0 Å². The van der Waals surface area contributed by atoms with Gasteiger partial charge >= 0.3 is 5.97 Å². The maximum absolute atomic E-state index is 11.2. The number of pyridine rings is 1. The Labute approximate surface area is 126 Å². The number of carboxylic acid groups (broad SMARTS) is 1. The van der Waals surface area contributed by atoms with Gasteiger partial charge in [0.15, 0.2) is 0 Å². The van der Waals surface area contributed by atoms with Gasteiger partial charge in [0, 0.05) is 18.1 Å². The van der Waals surface area contributed by atoms with Crippen LogP contribution in [0.5, 0.6) is 5.88 Å². The Kier molecular flexibility index (Phi) is 6.15. The topological polar surface area (TPSA) is 68.7 Å². The highest BCUT2D eigenvalue weighted by Gasteiger charge is 2.19. The van der Waals surface area contributed by atoms with E-state index in [1.807, 2.05) is 20.8 Å². The molecule has 1 N–H and O–H groups in total. The van der Waals surface area contributed by atoms with Crippen molar-refractivity contribution < 1.29 is 19.4 Å². The summed E-state index contributed by atoms with van der Waals surface area (Å²) in [5.41, 5.74) is 0.645. The smallest absolute Gasteiger partial charge is 0.335 e. The molecule has 0 bridgehead atoms. The summed E-state index contributed by atoms with van der Waals surface area (Å²) >= 11 is 0. The summed E-state index contributed by atoms with van der Waals surface area (Å²) in [5.74, 6) is -0.178. The molecule has 0 amide bonds. The highest BCUT2D eigenvalue weighted by atomic mass is 16.5. The summed E-state index contributed by atoms with van der Waals surface area (Å²) in [6.45, 7) is 11.6. The lowest BCUT2D eigenvalue weighted by Gasteiger charge is -2.19. The molecule has 0 saturated carbocycles. The average molecular weight is 295 g/mol. The summed E-state index contributed by atoms with van der Waals surface area (Å²) < 4.78 is 10.9. The van der Waals surface area contributed by atoms with Crippen LogP contribution in [0, 0.1) is 5.92 Å². The maximum Gasteiger partial charge on any atom is 0.335 e. The van der Waals surface area contributed by atoms with Gasteiger partial charge < -0.3 is 14.6 Å². The van der Waals surface area contributed by atoms with Crippen LogP contribution in [0.4, 0.5) is 0 Å². The fourth-order valence-corrected chi connectivity index (χ4v) is 1.61. The molecular formula is C16H25NO4. The van der Waals surface area contributed by atoms with Gasteiger partial charge in [-0.2, -0.15) is 0 Å². The molecule has 0 aromatic carbocycles. The van der Waals surface area contributed by atoms with E-state index in [9.17, 15) is 4.79 Å². The van der Waals surface area contributed by atoms with E-state index in [1.165, 1.54) is 6.07 Å². The number of carboxylic acids is 1. The molecule has 5 heteroatoms. The van der Waals surface area contributed by atoms with E-state index in [0.29, 0.717) is 37.3 Å². The van der Waals surface area contributed by atoms with Crippen molar-refractivity contribution in [2.75, 3.05) is 19.8 Å². The SMILES string of the molecule is CC(C)COCCOc1cc(C(=O)O)cc(C(C)(C)C)n1. The average Bonchev–Trinajstić information content (AvgIpc) is 2.36. The molecule has 1 aromatic rings. The second kappa shape index (κ2) is 7.41. The zero-order chi connectivity index (χ0) is 16.0. The van der Waals surface area contributed by atoms with Gasteiger partial charge in [-0.3, -0.25) is 0 Å². The third-order valence-electron chi connectivity index (χ3n) is 2.75. The van der Waals surface area contributed by atoms with Crippen molar-refractivity contribution in [3.8, 4) is 5.88 Å². The van der Waals surface area contributed by atoms with Gasteiger partial charge in [-0.15, -0.1) is 0 Å². The molecule has 0 saturated heterocycles. The molecule has 5 nitrogen and oxygen atoms in total. The molecule has 0 radical (unpaired) electrons. The van der Waals surface area contributed by atoms with Gasteiger partial charge in [-0.1, -0.05) is 34.6 Å². The van der Waals surface area contributed by atoms with Crippen molar-refractivity contribution >= 4 is 5.97 Å². The number of aromatic nitrogens is 1. The molecule has 0 spiro atoms. The number of ether oxygens (including phenoxy) is 2. The number of aromatic carboxylic acids is 1. The molecule has 0 aliphatic rings. The first-order chi connectivity index (χ1) is 9.70. The lowest BCUT2D eigenvalue weighted by atomic mass is 9.91. The fourth-order valence-electron chi connectivity index (χ4n) is 1.61. The maximum atomic E-state index is 11.2. The second-order valence-corrected chi connectivity index (χ2v) is 6.45. The minimum atomic E-state index is -0.983. The highest BCUT2D eigenvalue weighted by molar-refractivity contribution is 5.88. The molecule has 1 heterocycles. The predicted octanol–water partition coefficient (Wildman–Crippen LogP) is 3.13. The lowest BCUT2D eigenvalue weighted by molar-refractivity contribution is 0.0694. The van der Waals surface area contributed by atoms with Crippen molar-refractivity contribution in [3.05, 3.63) is 23.4 Å². The van der Waals surface area contributed by atoms with Gasteiger partial charge in [0.2, 0.25) is 5.88 Å². The van der Waals surface area contributed by atoms with E-state index < -0.39 is 5.97 Å². The lowest BCUT2D eigenvalue weighted by Crippen LogP contribution is -2.17. The first-order valence-corrected chi connectivity index (χ1v) is 7.16. The van der Waals surface area contributed by atoms with Gasteiger partial charge in [0.25, 0.3) is 0 Å². The summed E-state index contributed by atoms with van der Waals surface area (Å²) in [4.78, 5) is 15.6. The van der Waals surface area contributed by atoms with Crippen LogP contribution in [0.15, 0.2) is 12.1 Å². The van der Waals surface area contributed by atoms with Crippen LogP contribution in [-0.2, 0) is 10.2 Å². The Morgan fingerprint density at radius 3 is 2.48 bits per heavy atom. The number of hydrogen-bond donors (Lipinski definition) is 1. The zero-order valence-corrected chi connectivity index (χ0v) is 13.5. The van der Waals surface area contributed by atoms with Crippen molar-refractivity contribution in [2.24, 2.45) is 5.92 Å². The van der Waals surface area contributed by atoms with Crippen LogP contribution >= 0.6 is 0 Å². The number of rotatable bonds is 7. The van der Waals surface area contributed by atoms with Crippen LogP contribution in [0.1, 0.15) is 50.7 Å². The normalized spacial score (nSPS) is 11.7. The molecule has 0 aliphatic carbocycles. The van der Waals surface area contributed by atoms with Crippen molar-refractivity contribution in [2.45, 2.75) is 40.0 Å². The van der Waals surface area contributed by atoms with E-state index in [2.05, 4.69) is 18.8 Å². The van der Waals surface area contributed by atoms with Crippen molar-refractivity contribution in [1.82, 2.24) is 4.98 Å². The van der Waals surface area contributed by atoms with Crippen LogP contribution in [0.3, 0.4) is 0 Å². The van der Waals surface area contributed by atoms with Gasteiger partial charge in [-0.25, -0.2) is 9.78 Å². The molecular weight excluding hydrogens is 270 g/mol. The van der Waals surface area contributed by atoms with E-state index in [4.69, 9.17) is 14.6 Å². The van der Waals surface area contributed by atoms with E-state index >= 15 is 0 Å². The van der Waals surface area contributed by atoms with Crippen LogP contribution in [0.25, 0.3) is 0 Å². The second-order valence-electron chi connectivity index (χ2n) is 6.45. The fraction of sp³-hybridized carbons (Fsp3) is 0.625. The molecule has 0 fully saturated rings. The molecule has 21 heavy (non-hydrogen) atoms. The van der Waals surface area contributed by atoms with Gasteiger partial charge in [0.05, 0.1) is 17.9 Å². The molecule has 0 unspecified atom stereocenters. The summed E-state index contributed by atoms with van der Waals surface area (Å²) in [5, 5.41) is 9.16. The monoisotopic (exact) mass is 295 g/mol. The Bertz CT molecular complexity index is 478. The predicted molar refractivity (Wildman–Crippen MR) is 81.0 cm³/mol. The Morgan fingerprint density at radius 2 is 1.95 bits per heavy atom. The number of nitrogens with zero attached hydrogens (tertiary/aromatic N) is 1. The molecule has 0 aliphatic heterocycles. The Morgan fingerprint density at radius 1 is 1.29 bits per heavy atom. The Balaban J connectivity index is 2.73. The number of carbonyl (C=O) groups is 1. The van der Waals surface area contributed by atoms with Crippen LogP contribution < -0.4 is 4.74 Å². The van der Waals surface area contributed by atoms with Gasteiger partial charge in [-0.05, 0) is 12.0 Å². The van der Waals surface area contributed by atoms with Gasteiger partial charge in [0.1, 0.15) is 6.61 Å². The molecule has 118 valence electrons. The first kappa shape index (κ1) is 17.4. The zero-order valence-electron chi connectivity index (χ0n) is 13.5. The minimum Gasteiger partial charge on any atom is -0.478 e. The highest BCUT2D eigenvalue weighted by Crippen LogP contribution is 2.24. The van der Waals surface area contributed by atoms with Crippen LogP contribution in [-0.4, -0.2) is 35.9 Å². The van der Waals surface area contributed by atoms with E-state index in [0.717, 1.165) is 0 Å². The molecule has 0 atom stereocenters. The minimum absolute atomic E-state index is 0.188. The van der Waals surface area contributed by atoms with E-state index in [1.54, 1.807) is 6.07 Å². The van der Waals surface area contributed by atoms with Crippen LogP contribution in [0.2, 0.25) is 0 Å². The molecule has 1 rings (SSSR count). The summed E-state index contributed by atoms with van der Waals surface area (Å²) in [6.07, 6.45) is 0. The van der Waals surface area contributed by atoms with Crippen molar-refractivity contribution in [3.63, 3.8) is 0 Å². The largest absolute Gasteiger partial charge is 0.478 e. The van der Waals surface area contributed by atoms with E-state index in [-0.39, 0.29) is 11.0 Å². The third-order valence-corrected chi connectivity index (χ3v) is 2.75. The molecule has 1 aromatic heterocycles. The Hall–Kier alpha value is -1.62. The number of hydrogen-bond acceptors (Lipinski definition) is 4. The standard InChI is InChI=1S/C16H25NO4/c1-11(2)10-20-6-7-21-14-9-12(15(18)19)8-13(17-14)16(3,4)5/h8-9,11H,6-7,10H2,1-5H3,(H,18,19). The first-order valence-electron chi connectivity index (χ1n) is 7.16.